The van der Waals surface area contributed by atoms with E-state index in [4.69, 9.17) is 0 Å². The first kappa shape index (κ1) is 13.6. The molecule has 3 aliphatic rings. The zero-order valence-corrected chi connectivity index (χ0v) is 13.1. The van der Waals surface area contributed by atoms with Gasteiger partial charge < -0.3 is 10.2 Å². The summed E-state index contributed by atoms with van der Waals surface area (Å²) in [6.45, 7) is 2.52. The lowest BCUT2D eigenvalue weighted by atomic mass is 9.89. The lowest BCUT2D eigenvalue weighted by molar-refractivity contribution is 0.287. The van der Waals surface area contributed by atoms with Crippen molar-refractivity contribution in [1.29, 1.82) is 0 Å². The van der Waals surface area contributed by atoms with Crippen LogP contribution in [-0.4, -0.2) is 25.2 Å². The van der Waals surface area contributed by atoms with Crippen LogP contribution in [0.1, 0.15) is 50.5 Å². The quantitative estimate of drug-likeness (QED) is 0.909. The summed E-state index contributed by atoms with van der Waals surface area (Å²) in [6.07, 6.45) is 11.1. The molecule has 1 aromatic carbocycles. The van der Waals surface area contributed by atoms with Crippen molar-refractivity contribution >= 4 is 5.69 Å². The molecule has 2 unspecified atom stereocenters. The van der Waals surface area contributed by atoms with E-state index in [1.165, 1.54) is 70.1 Å². The number of hydrogen-bond donors (Lipinski definition) is 1. The van der Waals surface area contributed by atoms with Crippen LogP contribution < -0.4 is 10.2 Å². The van der Waals surface area contributed by atoms with Crippen molar-refractivity contribution in [3.63, 3.8) is 0 Å². The van der Waals surface area contributed by atoms with Crippen molar-refractivity contribution in [2.45, 2.75) is 63.5 Å². The molecule has 0 amide bonds. The zero-order valence-electron chi connectivity index (χ0n) is 13.1. The monoisotopic (exact) mass is 284 g/mol. The summed E-state index contributed by atoms with van der Waals surface area (Å²) in [5.41, 5.74) is 3.09. The predicted octanol–water partition coefficient (Wildman–Crippen LogP) is 3.75. The van der Waals surface area contributed by atoms with Crippen molar-refractivity contribution < 1.29 is 0 Å². The molecule has 2 fully saturated rings. The lowest BCUT2D eigenvalue weighted by Gasteiger charge is -2.32. The Bertz CT molecular complexity index is 472. The summed E-state index contributed by atoms with van der Waals surface area (Å²) >= 11 is 0. The third-order valence-corrected chi connectivity index (χ3v) is 5.83. The highest BCUT2D eigenvalue weighted by Gasteiger charge is 2.33. The molecular formula is C19H28N2. The molecule has 3 aliphatic heterocycles. The minimum Gasteiger partial charge on any atom is -0.371 e. The van der Waals surface area contributed by atoms with Gasteiger partial charge in [-0.15, -0.1) is 0 Å². The predicted molar refractivity (Wildman–Crippen MR) is 88.9 cm³/mol. The Balaban J connectivity index is 1.40. The van der Waals surface area contributed by atoms with E-state index >= 15 is 0 Å². The number of piperidine rings is 1. The van der Waals surface area contributed by atoms with Crippen LogP contribution in [0.25, 0.3) is 0 Å². The van der Waals surface area contributed by atoms with E-state index < -0.39 is 0 Å². The van der Waals surface area contributed by atoms with Gasteiger partial charge in [-0.05, 0) is 68.9 Å². The van der Waals surface area contributed by atoms with Crippen LogP contribution in [0, 0.1) is 5.92 Å². The number of rotatable bonds is 3. The van der Waals surface area contributed by atoms with Crippen LogP contribution >= 0.6 is 0 Å². The second-order valence-corrected chi connectivity index (χ2v) is 7.34. The zero-order chi connectivity index (χ0) is 14.1. The van der Waals surface area contributed by atoms with Crippen LogP contribution in [0.4, 0.5) is 5.69 Å². The molecular weight excluding hydrogens is 256 g/mol. The van der Waals surface area contributed by atoms with Gasteiger partial charge in [0.15, 0.2) is 0 Å². The SMILES string of the molecule is c1ccc2c(c1)CCCCN2CCC1CC2CCC(C1)N2. The topological polar surface area (TPSA) is 15.3 Å². The largest absolute Gasteiger partial charge is 0.371 e. The molecule has 0 aromatic heterocycles. The Morgan fingerprint density at radius 3 is 2.71 bits per heavy atom. The van der Waals surface area contributed by atoms with Gasteiger partial charge in [0, 0.05) is 30.9 Å². The van der Waals surface area contributed by atoms with E-state index in [2.05, 4.69) is 34.5 Å². The maximum Gasteiger partial charge on any atom is 0.0398 e. The van der Waals surface area contributed by atoms with E-state index in [1.54, 1.807) is 5.56 Å². The molecule has 21 heavy (non-hydrogen) atoms. The van der Waals surface area contributed by atoms with E-state index in [9.17, 15) is 0 Å². The molecule has 114 valence electrons. The van der Waals surface area contributed by atoms with Gasteiger partial charge in [-0.25, -0.2) is 0 Å². The van der Waals surface area contributed by atoms with Crippen molar-refractivity contribution in [3.8, 4) is 0 Å². The second-order valence-electron chi connectivity index (χ2n) is 7.34. The Labute approximate surface area is 128 Å². The fourth-order valence-corrected chi connectivity index (χ4v) is 4.75. The minimum atomic E-state index is 0.838. The number of aryl methyl sites for hydroxylation is 1. The molecule has 0 saturated carbocycles. The first-order valence-electron chi connectivity index (χ1n) is 8.97. The molecule has 0 radical (unpaired) electrons. The van der Waals surface area contributed by atoms with E-state index in [0.29, 0.717) is 0 Å². The molecule has 2 atom stereocenters. The first-order valence-corrected chi connectivity index (χ1v) is 8.97. The van der Waals surface area contributed by atoms with Crippen LogP contribution in [0.3, 0.4) is 0 Å². The van der Waals surface area contributed by atoms with Gasteiger partial charge in [-0.1, -0.05) is 18.2 Å². The Kier molecular flexibility index (Phi) is 3.89. The number of fused-ring (bicyclic) bond motifs is 3. The highest BCUT2D eigenvalue weighted by Crippen LogP contribution is 2.34. The molecule has 4 rings (SSSR count). The summed E-state index contributed by atoms with van der Waals surface area (Å²) < 4.78 is 0. The smallest absolute Gasteiger partial charge is 0.0398 e. The molecule has 3 heterocycles. The minimum absolute atomic E-state index is 0.838. The summed E-state index contributed by atoms with van der Waals surface area (Å²) in [4.78, 5) is 2.67. The average Bonchev–Trinajstić information content (AvgIpc) is 2.74. The van der Waals surface area contributed by atoms with Gasteiger partial charge in [0.25, 0.3) is 0 Å². The number of nitrogens with one attached hydrogen (secondary N) is 1. The van der Waals surface area contributed by atoms with Gasteiger partial charge in [-0.3, -0.25) is 0 Å². The Morgan fingerprint density at radius 2 is 1.86 bits per heavy atom. The van der Waals surface area contributed by atoms with Gasteiger partial charge in [0.1, 0.15) is 0 Å². The van der Waals surface area contributed by atoms with Crippen molar-refractivity contribution in [2.75, 3.05) is 18.0 Å². The van der Waals surface area contributed by atoms with Crippen LogP contribution in [0.15, 0.2) is 24.3 Å². The first-order chi connectivity index (χ1) is 10.4. The maximum atomic E-state index is 3.77. The standard InChI is InChI=1S/C19H28N2/c1-2-7-19-16(5-1)6-3-4-11-21(19)12-10-15-13-17-8-9-18(14-15)20-17/h1-2,5,7,15,17-18,20H,3-4,6,8-14H2. The third kappa shape index (κ3) is 2.96. The lowest BCUT2D eigenvalue weighted by Crippen LogP contribution is -2.39. The molecule has 0 aliphatic carbocycles. The molecule has 2 nitrogen and oxygen atoms in total. The van der Waals surface area contributed by atoms with Crippen molar-refractivity contribution in [3.05, 3.63) is 29.8 Å². The fourth-order valence-electron chi connectivity index (χ4n) is 4.75. The van der Waals surface area contributed by atoms with Crippen molar-refractivity contribution in [2.24, 2.45) is 5.92 Å². The number of para-hydroxylation sites is 1. The van der Waals surface area contributed by atoms with Crippen LogP contribution in [0.5, 0.6) is 0 Å². The molecule has 0 spiro atoms. The van der Waals surface area contributed by atoms with E-state index in [-0.39, 0.29) is 0 Å². The number of anilines is 1. The summed E-state index contributed by atoms with van der Waals surface area (Å²) in [6, 6.07) is 10.8. The Morgan fingerprint density at radius 1 is 1.05 bits per heavy atom. The number of benzene rings is 1. The van der Waals surface area contributed by atoms with Gasteiger partial charge in [0.05, 0.1) is 0 Å². The van der Waals surface area contributed by atoms with E-state index in [0.717, 1.165) is 18.0 Å². The molecule has 1 N–H and O–H groups in total. The van der Waals surface area contributed by atoms with Gasteiger partial charge in [0.2, 0.25) is 0 Å². The highest BCUT2D eigenvalue weighted by molar-refractivity contribution is 5.54. The average molecular weight is 284 g/mol. The van der Waals surface area contributed by atoms with Gasteiger partial charge >= 0.3 is 0 Å². The summed E-state index contributed by atoms with van der Waals surface area (Å²) in [5, 5.41) is 3.77. The molecule has 2 heteroatoms. The normalized spacial score (nSPS) is 31.8. The Hall–Kier alpha value is -1.02. The molecule has 2 saturated heterocycles. The van der Waals surface area contributed by atoms with Gasteiger partial charge in [-0.2, -0.15) is 0 Å². The molecule has 1 aromatic rings. The van der Waals surface area contributed by atoms with Crippen molar-refractivity contribution in [1.82, 2.24) is 5.32 Å². The summed E-state index contributed by atoms with van der Waals surface area (Å²) in [5.74, 6) is 0.958. The maximum absolute atomic E-state index is 3.77. The third-order valence-electron chi connectivity index (χ3n) is 5.83. The summed E-state index contributed by atoms with van der Waals surface area (Å²) in [7, 11) is 0. The van der Waals surface area contributed by atoms with Crippen LogP contribution in [-0.2, 0) is 6.42 Å². The van der Waals surface area contributed by atoms with E-state index in [1.807, 2.05) is 0 Å². The van der Waals surface area contributed by atoms with Crippen LogP contribution in [0.2, 0.25) is 0 Å². The molecule has 2 bridgehead atoms. The second kappa shape index (κ2) is 6.00. The number of hydrogen-bond acceptors (Lipinski definition) is 2. The highest BCUT2D eigenvalue weighted by atomic mass is 15.1. The fraction of sp³-hybridized carbons (Fsp3) is 0.684. The number of nitrogens with zero attached hydrogens (tertiary/aromatic N) is 1.